The van der Waals surface area contributed by atoms with Crippen molar-refractivity contribution in [2.24, 2.45) is 5.92 Å². The molecule has 0 aliphatic carbocycles. The van der Waals surface area contributed by atoms with Gasteiger partial charge >= 0.3 is 0 Å². The second-order valence-electron chi connectivity index (χ2n) is 3.22. The van der Waals surface area contributed by atoms with Crippen molar-refractivity contribution < 1.29 is 19.1 Å². The lowest BCUT2D eigenvalue weighted by atomic mass is 10.0. The lowest BCUT2D eigenvalue weighted by Crippen LogP contribution is -2.36. The van der Waals surface area contributed by atoms with Crippen molar-refractivity contribution in [2.45, 2.75) is 12.8 Å². The van der Waals surface area contributed by atoms with Gasteiger partial charge in [-0.05, 0) is 12.8 Å². The summed E-state index contributed by atoms with van der Waals surface area (Å²) in [5.74, 6) is -0.160. The van der Waals surface area contributed by atoms with Crippen LogP contribution in [0.3, 0.4) is 0 Å². The number of amides is 1. The van der Waals surface area contributed by atoms with Crippen LogP contribution in [0.1, 0.15) is 12.8 Å². The van der Waals surface area contributed by atoms with Crippen molar-refractivity contribution in [3.05, 3.63) is 0 Å². The van der Waals surface area contributed by atoms with E-state index in [4.69, 9.17) is 14.3 Å². The summed E-state index contributed by atoms with van der Waals surface area (Å²) >= 11 is 0. The molecule has 1 N–H and O–H groups in total. The van der Waals surface area contributed by atoms with Gasteiger partial charge in [-0.15, -0.1) is 0 Å². The molecule has 5 nitrogen and oxygen atoms in total. The highest BCUT2D eigenvalue weighted by molar-refractivity contribution is 5.77. The van der Waals surface area contributed by atoms with Crippen LogP contribution in [0.2, 0.25) is 0 Å². The first-order chi connectivity index (χ1) is 6.84. The molecule has 1 atom stereocenters. The van der Waals surface area contributed by atoms with Crippen LogP contribution in [-0.4, -0.2) is 39.4 Å². The molecule has 0 aromatic carbocycles. The Morgan fingerprint density at radius 1 is 1.57 bits per heavy atom. The fourth-order valence-corrected chi connectivity index (χ4v) is 1.28. The van der Waals surface area contributed by atoms with Crippen molar-refractivity contribution in [2.75, 3.05) is 33.5 Å². The molecule has 1 fully saturated rings. The number of hydroxylamine groups is 1. The molecule has 1 rings (SSSR count). The van der Waals surface area contributed by atoms with Crippen LogP contribution in [0.15, 0.2) is 0 Å². The molecule has 0 aromatic heterocycles. The van der Waals surface area contributed by atoms with Crippen LogP contribution in [0.4, 0.5) is 0 Å². The molecule has 1 unspecified atom stereocenters. The molecule has 1 heterocycles. The normalized spacial score (nSPS) is 21.9. The van der Waals surface area contributed by atoms with E-state index < -0.39 is 0 Å². The van der Waals surface area contributed by atoms with Gasteiger partial charge in [0.2, 0.25) is 5.91 Å². The molecule has 0 radical (unpaired) electrons. The summed E-state index contributed by atoms with van der Waals surface area (Å²) in [5.41, 5.74) is 2.39. The first-order valence-electron chi connectivity index (χ1n) is 4.83. The second kappa shape index (κ2) is 6.75. The molecule has 82 valence electrons. The highest BCUT2D eigenvalue weighted by Gasteiger charge is 2.21. The molecular weight excluding hydrogens is 186 g/mol. The molecule has 5 heteroatoms. The Balaban J connectivity index is 2.07. The molecule has 1 saturated heterocycles. The van der Waals surface area contributed by atoms with Gasteiger partial charge in [0.25, 0.3) is 0 Å². The Bertz CT molecular complexity index is 168. The maximum absolute atomic E-state index is 11.4. The summed E-state index contributed by atoms with van der Waals surface area (Å²) in [6, 6.07) is 0. The van der Waals surface area contributed by atoms with Gasteiger partial charge in [0.15, 0.2) is 0 Å². The first kappa shape index (κ1) is 11.4. The lowest BCUT2D eigenvalue weighted by Gasteiger charge is -2.20. The zero-order valence-corrected chi connectivity index (χ0v) is 8.45. The number of methoxy groups -OCH3 is 1. The smallest absolute Gasteiger partial charge is 0.248 e. The number of hydrogen-bond acceptors (Lipinski definition) is 4. The molecule has 0 saturated carbocycles. The lowest BCUT2D eigenvalue weighted by molar-refractivity contribution is -0.142. The van der Waals surface area contributed by atoms with Crippen LogP contribution in [0.25, 0.3) is 0 Å². The van der Waals surface area contributed by atoms with Gasteiger partial charge in [-0.2, -0.15) is 0 Å². The van der Waals surface area contributed by atoms with Crippen LogP contribution in [-0.2, 0) is 19.1 Å². The van der Waals surface area contributed by atoms with E-state index in [-0.39, 0.29) is 11.8 Å². The predicted octanol–water partition coefficient (Wildman–Crippen LogP) is 0.107. The zero-order valence-electron chi connectivity index (χ0n) is 8.45. The van der Waals surface area contributed by atoms with Crippen molar-refractivity contribution in [1.29, 1.82) is 0 Å². The number of nitrogens with one attached hydrogen (secondary N) is 1. The van der Waals surface area contributed by atoms with Gasteiger partial charge in [-0.3, -0.25) is 9.63 Å². The number of ether oxygens (including phenoxy) is 2. The van der Waals surface area contributed by atoms with Crippen LogP contribution in [0, 0.1) is 5.92 Å². The van der Waals surface area contributed by atoms with E-state index in [1.54, 1.807) is 7.11 Å². The van der Waals surface area contributed by atoms with Crippen LogP contribution in [0.5, 0.6) is 0 Å². The van der Waals surface area contributed by atoms with E-state index >= 15 is 0 Å². The SMILES string of the molecule is COCCONC(=O)C1CCCOC1. The van der Waals surface area contributed by atoms with Gasteiger partial charge in [-0.25, -0.2) is 5.48 Å². The third-order valence-electron chi connectivity index (χ3n) is 2.09. The van der Waals surface area contributed by atoms with Crippen molar-refractivity contribution >= 4 is 5.91 Å². The molecule has 1 aliphatic heterocycles. The predicted molar refractivity (Wildman–Crippen MR) is 49.5 cm³/mol. The largest absolute Gasteiger partial charge is 0.382 e. The number of carbonyl (C=O) groups excluding carboxylic acids is 1. The fourth-order valence-electron chi connectivity index (χ4n) is 1.28. The topological polar surface area (TPSA) is 56.8 Å². The molecule has 0 bridgehead atoms. The van der Waals surface area contributed by atoms with E-state index in [9.17, 15) is 4.79 Å². The Kier molecular flexibility index (Phi) is 5.51. The van der Waals surface area contributed by atoms with Gasteiger partial charge in [-0.1, -0.05) is 0 Å². The quantitative estimate of drug-likeness (QED) is 0.509. The molecule has 1 amide bonds. The molecular formula is C9H17NO4. The Labute approximate surface area is 83.7 Å². The zero-order chi connectivity index (χ0) is 10.2. The second-order valence-corrected chi connectivity index (χ2v) is 3.22. The fraction of sp³-hybridized carbons (Fsp3) is 0.889. The number of carbonyl (C=O) groups is 1. The summed E-state index contributed by atoms with van der Waals surface area (Å²) in [7, 11) is 1.58. The summed E-state index contributed by atoms with van der Waals surface area (Å²) in [4.78, 5) is 16.3. The molecule has 0 spiro atoms. The van der Waals surface area contributed by atoms with Crippen molar-refractivity contribution in [1.82, 2.24) is 5.48 Å². The Morgan fingerprint density at radius 3 is 3.07 bits per heavy atom. The van der Waals surface area contributed by atoms with E-state index in [0.29, 0.717) is 19.8 Å². The highest BCUT2D eigenvalue weighted by atomic mass is 16.7. The van der Waals surface area contributed by atoms with Crippen molar-refractivity contribution in [3.8, 4) is 0 Å². The standard InChI is InChI=1S/C9H17NO4/c1-12-5-6-14-10-9(11)8-3-2-4-13-7-8/h8H,2-7H2,1H3,(H,10,11). The molecule has 14 heavy (non-hydrogen) atoms. The van der Waals surface area contributed by atoms with E-state index in [1.165, 1.54) is 0 Å². The first-order valence-corrected chi connectivity index (χ1v) is 4.83. The van der Waals surface area contributed by atoms with E-state index in [1.807, 2.05) is 0 Å². The van der Waals surface area contributed by atoms with E-state index in [2.05, 4.69) is 5.48 Å². The van der Waals surface area contributed by atoms with Gasteiger partial charge in [0, 0.05) is 13.7 Å². The minimum Gasteiger partial charge on any atom is -0.382 e. The molecule has 0 aromatic rings. The van der Waals surface area contributed by atoms with Crippen molar-refractivity contribution in [3.63, 3.8) is 0 Å². The van der Waals surface area contributed by atoms with Crippen LogP contribution >= 0.6 is 0 Å². The summed E-state index contributed by atoms with van der Waals surface area (Å²) in [6.07, 6.45) is 1.82. The number of hydrogen-bond donors (Lipinski definition) is 1. The third-order valence-corrected chi connectivity index (χ3v) is 2.09. The average molecular weight is 203 g/mol. The minimum absolute atomic E-state index is 0.0636. The van der Waals surface area contributed by atoms with Gasteiger partial charge in [0.1, 0.15) is 0 Å². The monoisotopic (exact) mass is 203 g/mol. The third kappa shape index (κ3) is 4.04. The Morgan fingerprint density at radius 2 is 2.43 bits per heavy atom. The summed E-state index contributed by atoms with van der Waals surface area (Å²) < 4.78 is 9.96. The highest BCUT2D eigenvalue weighted by Crippen LogP contribution is 2.13. The molecule has 1 aliphatic rings. The minimum atomic E-state index is -0.0965. The van der Waals surface area contributed by atoms with Crippen LogP contribution < -0.4 is 5.48 Å². The maximum Gasteiger partial charge on any atom is 0.248 e. The van der Waals surface area contributed by atoms with E-state index in [0.717, 1.165) is 19.4 Å². The van der Waals surface area contributed by atoms with Gasteiger partial charge in [0.05, 0.1) is 25.7 Å². The number of rotatable bonds is 5. The summed E-state index contributed by atoms with van der Waals surface area (Å²) in [5, 5.41) is 0. The average Bonchev–Trinajstić information content (AvgIpc) is 2.25. The van der Waals surface area contributed by atoms with Gasteiger partial charge < -0.3 is 9.47 Å². The summed E-state index contributed by atoms with van der Waals surface area (Å²) in [6.45, 7) is 2.10. The Hall–Kier alpha value is -0.650. The maximum atomic E-state index is 11.4.